The number of halogens is 5. The van der Waals surface area contributed by atoms with Crippen LogP contribution in [0.15, 0.2) is 30.5 Å². The number of nitrogens with zero attached hydrogens (tertiary/aromatic N) is 2. The smallest absolute Gasteiger partial charge is 0.368 e. The van der Waals surface area contributed by atoms with Crippen LogP contribution in [-0.2, 0) is 6.18 Å². The van der Waals surface area contributed by atoms with E-state index in [-0.39, 0.29) is 23.9 Å². The number of nitro groups is 1. The van der Waals surface area contributed by atoms with E-state index in [9.17, 15) is 32.5 Å². The average Bonchev–Trinajstić information content (AvgIpc) is 2.64. The predicted molar refractivity (Wildman–Crippen MR) is 102 cm³/mol. The molecule has 162 valence electrons. The number of carbonyl (C=O) groups is 1. The van der Waals surface area contributed by atoms with Crippen molar-refractivity contribution in [2.24, 2.45) is 5.41 Å². The van der Waals surface area contributed by atoms with Crippen molar-refractivity contribution in [3.05, 3.63) is 62.5 Å². The number of non-ortho nitro benzene ring substituents is 1. The van der Waals surface area contributed by atoms with Crippen LogP contribution in [0.25, 0.3) is 0 Å². The number of nitro benzene ring substituents is 1. The first-order chi connectivity index (χ1) is 13.8. The molecule has 0 spiro atoms. The van der Waals surface area contributed by atoms with Crippen molar-refractivity contribution in [2.45, 2.75) is 20.0 Å². The number of carbonyl (C=O) groups excluding carboxylic acids is 1. The van der Waals surface area contributed by atoms with Crippen molar-refractivity contribution in [2.75, 3.05) is 18.4 Å². The molecule has 2 rings (SSSR count). The van der Waals surface area contributed by atoms with Crippen LogP contribution in [0.5, 0.6) is 0 Å². The molecule has 1 heterocycles. The van der Waals surface area contributed by atoms with Crippen molar-refractivity contribution in [3.8, 4) is 0 Å². The van der Waals surface area contributed by atoms with Gasteiger partial charge in [-0.25, -0.2) is 9.37 Å². The van der Waals surface area contributed by atoms with Gasteiger partial charge in [0, 0.05) is 31.4 Å². The number of hydrogen-bond acceptors (Lipinski definition) is 5. The largest absolute Gasteiger partial charge is 0.417 e. The van der Waals surface area contributed by atoms with Gasteiger partial charge < -0.3 is 10.6 Å². The van der Waals surface area contributed by atoms with Crippen LogP contribution in [0.1, 0.15) is 29.8 Å². The number of aromatic nitrogens is 1. The first-order valence-electron chi connectivity index (χ1n) is 8.49. The van der Waals surface area contributed by atoms with Crippen LogP contribution in [0.2, 0.25) is 5.02 Å². The monoisotopic (exact) mass is 448 g/mol. The Labute approximate surface area is 173 Å². The molecule has 0 radical (unpaired) electrons. The zero-order valence-electron chi connectivity index (χ0n) is 15.8. The lowest BCUT2D eigenvalue weighted by molar-refractivity contribution is -0.384. The van der Waals surface area contributed by atoms with Crippen molar-refractivity contribution in [1.82, 2.24) is 10.3 Å². The summed E-state index contributed by atoms with van der Waals surface area (Å²) in [6.45, 7) is 3.63. The van der Waals surface area contributed by atoms with Crippen molar-refractivity contribution >= 4 is 29.0 Å². The Morgan fingerprint density at radius 2 is 1.90 bits per heavy atom. The maximum atomic E-state index is 13.8. The molecule has 1 aromatic heterocycles. The number of benzene rings is 1. The van der Waals surface area contributed by atoms with E-state index in [1.54, 1.807) is 13.8 Å². The van der Waals surface area contributed by atoms with Gasteiger partial charge in [0.15, 0.2) is 0 Å². The van der Waals surface area contributed by atoms with Crippen LogP contribution in [0, 0.1) is 21.3 Å². The summed E-state index contributed by atoms with van der Waals surface area (Å²) in [5.74, 6) is -1.71. The molecule has 7 nitrogen and oxygen atoms in total. The SMILES string of the molecule is CC(C)(CNC(=O)c1cc([N+](=O)[O-])ccc1F)CNc1ncc(C(F)(F)F)cc1Cl. The molecule has 2 N–H and O–H groups in total. The second-order valence-corrected chi connectivity index (χ2v) is 7.58. The molecule has 0 saturated carbocycles. The number of nitrogens with one attached hydrogen (secondary N) is 2. The van der Waals surface area contributed by atoms with Gasteiger partial charge >= 0.3 is 6.18 Å². The second kappa shape index (κ2) is 8.82. The van der Waals surface area contributed by atoms with E-state index in [1.165, 1.54) is 0 Å². The van der Waals surface area contributed by atoms with Gasteiger partial charge in [0.2, 0.25) is 0 Å². The summed E-state index contributed by atoms with van der Waals surface area (Å²) in [6, 6.07) is 3.36. The van der Waals surface area contributed by atoms with E-state index >= 15 is 0 Å². The van der Waals surface area contributed by atoms with Crippen LogP contribution >= 0.6 is 11.6 Å². The highest BCUT2D eigenvalue weighted by atomic mass is 35.5. The Hall–Kier alpha value is -2.95. The number of rotatable bonds is 7. The summed E-state index contributed by atoms with van der Waals surface area (Å²) in [5, 5.41) is 15.9. The summed E-state index contributed by atoms with van der Waals surface area (Å²) in [5.41, 5.74) is -2.53. The van der Waals surface area contributed by atoms with Gasteiger partial charge in [-0.3, -0.25) is 14.9 Å². The van der Waals surface area contributed by atoms with E-state index in [4.69, 9.17) is 11.6 Å². The Balaban J connectivity index is 2.00. The van der Waals surface area contributed by atoms with Crippen molar-refractivity contribution < 1.29 is 27.3 Å². The Morgan fingerprint density at radius 3 is 2.47 bits per heavy atom. The molecule has 0 unspecified atom stereocenters. The maximum Gasteiger partial charge on any atom is 0.417 e. The molecule has 0 aliphatic heterocycles. The maximum absolute atomic E-state index is 13.8. The summed E-state index contributed by atoms with van der Waals surface area (Å²) in [7, 11) is 0. The molecule has 30 heavy (non-hydrogen) atoms. The van der Waals surface area contributed by atoms with E-state index in [0.717, 1.165) is 24.3 Å². The number of amides is 1. The quantitative estimate of drug-likeness (QED) is 0.364. The Bertz CT molecular complexity index is 967. The summed E-state index contributed by atoms with van der Waals surface area (Å²) >= 11 is 5.84. The minimum Gasteiger partial charge on any atom is -0.368 e. The number of hydrogen-bond donors (Lipinski definition) is 2. The van der Waals surface area contributed by atoms with E-state index in [0.29, 0.717) is 6.20 Å². The molecular weight excluding hydrogens is 432 g/mol. The fourth-order valence-electron chi connectivity index (χ4n) is 2.32. The number of alkyl halides is 3. The van der Waals surface area contributed by atoms with Crippen LogP contribution < -0.4 is 10.6 Å². The summed E-state index contributed by atoms with van der Waals surface area (Å²) in [4.78, 5) is 25.9. The highest BCUT2D eigenvalue weighted by Gasteiger charge is 2.31. The molecule has 12 heteroatoms. The zero-order chi connectivity index (χ0) is 22.7. The minimum absolute atomic E-state index is 0.0270. The zero-order valence-corrected chi connectivity index (χ0v) is 16.6. The van der Waals surface area contributed by atoms with Gasteiger partial charge in [-0.1, -0.05) is 25.4 Å². The van der Waals surface area contributed by atoms with Crippen molar-refractivity contribution in [3.63, 3.8) is 0 Å². The molecule has 1 amide bonds. The fourth-order valence-corrected chi connectivity index (χ4v) is 2.56. The van der Waals surface area contributed by atoms with Crippen LogP contribution in [0.4, 0.5) is 29.1 Å². The normalized spacial score (nSPS) is 11.8. The topological polar surface area (TPSA) is 97.2 Å². The van der Waals surface area contributed by atoms with E-state index in [1.807, 2.05) is 0 Å². The molecule has 0 atom stereocenters. The van der Waals surface area contributed by atoms with Gasteiger partial charge in [-0.2, -0.15) is 13.2 Å². The third-order valence-electron chi connectivity index (χ3n) is 4.04. The first kappa shape index (κ1) is 23.3. The molecule has 0 bridgehead atoms. The number of anilines is 1. The van der Waals surface area contributed by atoms with Gasteiger partial charge in [0.05, 0.1) is 21.1 Å². The minimum atomic E-state index is -4.57. The van der Waals surface area contributed by atoms with Gasteiger partial charge in [-0.15, -0.1) is 0 Å². The lowest BCUT2D eigenvalue weighted by Crippen LogP contribution is -2.38. The predicted octanol–water partition coefficient (Wildman–Crippen LogP) is 4.67. The lowest BCUT2D eigenvalue weighted by Gasteiger charge is -2.26. The van der Waals surface area contributed by atoms with Crippen LogP contribution in [0.3, 0.4) is 0 Å². The van der Waals surface area contributed by atoms with E-state index in [2.05, 4.69) is 15.6 Å². The molecule has 0 saturated heterocycles. The average molecular weight is 449 g/mol. The molecule has 1 aromatic carbocycles. The lowest BCUT2D eigenvalue weighted by atomic mass is 9.93. The highest BCUT2D eigenvalue weighted by Crippen LogP contribution is 2.32. The number of pyridine rings is 1. The molecular formula is C18H17ClF4N4O3. The molecule has 0 aliphatic carbocycles. The summed E-state index contributed by atoms with van der Waals surface area (Å²) in [6.07, 6.45) is -3.92. The third-order valence-corrected chi connectivity index (χ3v) is 4.32. The van der Waals surface area contributed by atoms with Gasteiger partial charge in [0.1, 0.15) is 11.6 Å². The first-order valence-corrected chi connectivity index (χ1v) is 8.87. The summed E-state index contributed by atoms with van der Waals surface area (Å²) < 4.78 is 51.8. The standard InChI is InChI=1S/C18H17ClF4N4O3/c1-17(2,8-25-15-13(19)5-10(7-24-15)18(21,22)23)9-26-16(28)12-6-11(27(29)30)3-4-14(12)20/h3-7H,8-9H2,1-2H3,(H,24,25)(H,26,28). The Morgan fingerprint density at radius 1 is 1.23 bits per heavy atom. The highest BCUT2D eigenvalue weighted by molar-refractivity contribution is 6.32. The Kier molecular flexibility index (Phi) is 6.86. The third kappa shape index (κ3) is 6.02. The van der Waals surface area contributed by atoms with Gasteiger partial charge in [-0.05, 0) is 17.5 Å². The molecule has 0 fully saturated rings. The fraction of sp³-hybridized carbons (Fsp3) is 0.333. The van der Waals surface area contributed by atoms with Crippen LogP contribution in [-0.4, -0.2) is 28.9 Å². The van der Waals surface area contributed by atoms with E-state index < -0.39 is 45.1 Å². The molecule has 0 aliphatic rings. The second-order valence-electron chi connectivity index (χ2n) is 7.17. The molecule has 2 aromatic rings. The van der Waals surface area contributed by atoms with Gasteiger partial charge in [0.25, 0.3) is 11.6 Å². The van der Waals surface area contributed by atoms with Crippen molar-refractivity contribution in [1.29, 1.82) is 0 Å².